The number of hydrogen-bond donors (Lipinski definition) is 2. The molecular weight excluding hydrogens is 284 g/mol. The maximum atomic E-state index is 11.6. The fourth-order valence-electron chi connectivity index (χ4n) is 2.04. The van der Waals surface area contributed by atoms with Crippen LogP contribution in [0.15, 0.2) is 0 Å². The Balaban J connectivity index is 2.37. The van der Waals surface area contributed by atoms with E-state index in [9.17, 15) is 9.59 Å². The summed E-state index contributed by atoms with van der Waals surface area (Å²) in [4.78, 5) is 24.1. The highest BCUT2D eigenvalue weighted by Gasteiger charge is 2.69. The number of halogens is 1. The van der Waals surface area contributed by atoms with Gasteiger partial charge in [0, 0.05) is 4.75 Å². The van der Waals surface area contributed by atoms with E-state index in [0.717, 1.165) is 0 Å². The number of carbonyl (C=O) groups is 2. The maximum absolute atomic E-state index is 11.6. The molecule has 2 fully saturated rings. The molecule has 2 aliphatic heterocycles. The Labute approximate surface area is 99.5 Å². The van der Waals surface area contributed by atoms with Crippen molar-refractivity contribution in [1.82, 2.24) is 4.90 Å². The van der Waals surface area contributed by atoms with Crippen molar-refractivity contribution in [2.75, 3.05) is 0 Å². The largest absolute Gasteiger partial charge is 0.480 e. The third-order valence-corrected chi connectivity index (χ3v) is 5.49. The van der Waals surface area contributed by atoms with Crippen LogP contribution in [0, 0.1) is 0 Å². The summed E-state index contributed by atoms with van der Waals surface area (Å²) < 4.78 is -1.61. The number of thioether (sulfide) groups is 1. The summed E-state index contributed by atoms with van der Waals surface area (Å²) in [5.41, 5.74) is 5.75. The quantitative estimate of drug-likeness (QED) is 0.410. The summed E-state index contributed by atoms with van der Waals surface area (Å²) >= 11 is 4.55. The van der Waals surface area contributed by atoms with Crippen LogP contribution in [0.1, 0.15) is 13.8 Å². The zero-order valence-electron chi connectivity index (χ0n) is 8.23. The number of nitrogens with zero attached hydrogens (tertiary/aromatic N) is 1. The topological polar surface area (TPSA) is 83.6 Å². The fraction of sp³-hybridized carbons (Fsp3) is 0.750. The van der Waals surface area contributed by atoms with Crippen molar-refractivity contribution in [3.63, 3.8) is 0 Å². The molecule has 15 heavy (non-hydrogen) atoms. The second-order valence-electron chi connectivity index (χ2n) is 4.29. The average molecular weight is 295 g/mol. The highest BCUT2D eigenvalue weighted by atomic mass is 79.9. The predicted octanol–water partition coefficient (Wildman–Crippen LogP) is 0.183. The number of β-lactam (4-membered cyclic amide) rings is 1. The molecule has 0 spiro atoms. The summed E-state index contributed by atoms with van der Waals surface area (Å²) in [5.74, 6) is -1.33. The van der Waals surface area contributed by atoms with Gasteiger partial charge < -0.3 is 15.7 Å². The number of hydrogen-bond acceptors (Lipinski definition) is 4. The standard InChI is InChI=1S/C8H11BrN2O3S/c1-7(2)3(4(12)13)11-5(14)8(9,10)6(11)15-7/h3,6H,10H2,1-2H3,(H,12,13)/t3-,6+,8?/m0/s1. The monoisotopic (exact) mass is 294 g/mol. The van der Waals surface area contributed by atoms with Gasteiger partial charge >= 0.3 is 5.97 Å². The molecule has 2 saturated heterocycles. The van der Waals surface area contributed by atoms with Crippen LogP contribution in [0.5, 0.6) is 0 Å². The smallest absolute Gasteiger partial charge is 0.327 e. The Morgan fingerprint density at radius 1 is 1.67 bits per heavy atom. The molecule has 1 amide bonds. The molecule has 0 aromatic rings. The van der Waals surface area contributed by atoms with Crippen LogP contribution in [-0.4, -0.2) is 42.5 Å². The van der Waals surface area contributed by atoms with Crippen LogP contribution < -0.4 is 5.73 Å². The summed E-state index contributed by atoms with van der Waals surface area (Å²) in [5, 5.41) is 8.80. The summed E-state index contributed by atoms with van der Waals surface area (Å²) in [6, 6.07) is -0.797. The number of carboxylic acid groups (broad SMARTS) is 1. The second kappa shape index (κ2) is 2.89. The van der Waals surface area contributed by atoms with Crippen LogP contribution in [0.4, 0.5) is 0 Å². The molecule has 0 bridgehead atoms. The number of fused-ring (bicyclic) bond motifs is 1. The Kier molecular flexibility index (Phi) is 2.16. The molecule has 0 aromatic carbocycles. The SMILES string of the molecule is CC1(C)S[C@H]2N(C(=O)C2(N)Br)[C@H]1C(=O)O. The molecule has 1 unspecified atom stereocenters. The first kappa shape index (κ1) is 11.2. The Hall–Kier alpha value is -0.270. The normalized spacial score (nSPS) is 42.4. The van der Waals surface area contributed by atoms with Gasteiger partial charge in [0.15, 0.2) is 4.45 Å². The van der Waals surface area contributed by atoms with Crippen LogP contribution in [0.25, 0.3) is 0 Å². The van der Waals surface area contributed by atoms with Gasteiger partial charge in [0.2, 0.25) is 0 Å². The zero-order valence-corrected chi connectivity index (χ0v) is 10.6. The summed E-state index contributed by atoms with van der Waals surface area (Å²) in [7, 11) is 0. The third kappa shape index (κ3) is 1.26. The van der Waals surface area contributed by atoms with Gasteiger partial charge in [-0.25, -0.2) is 4.79 Å². The van der Waals surface area contributed by atoms with E-state index >= 15 is 0 Å². The minimum atomic E-state index is -1.10. The highest BCUT2D eigenvalue weighted by Crippen LogP contribution is 2.55. The molecule has 0 aliphatic carbocycles. The molecule has 0 aromatic heterocycles. The molecule has 2 heterocycles. The molecule has 3 atom stereocenters. The molecule has 0 radical (unpaired) electrons. The molecule has 84 valence electrons. The van der Waals surface area contributed by atoms with Gasteiger partial charge in [-0.3, -0.25) is 4.79 Å². The number of rotatable bonds is 1. The van der Waals surface area contributed by atoms with Crippen LogP contribution in [0.3, 0.4) is 0 Å². The van der Waals surface area contributed by atoms with Crippen LogP contribution in [-0.2, 0) is 9.59 Å². The molecule has 3 N–H and O–H groups in total. The number of amides is 1. The van der Waals surface area contributed by atoms with E-state index in [2.05, 4.69) is 15.9 Å². The Morgan fingerprint density at radius 3 is 2.67 bits per heavy atom. The van der Waals surface area contributed by atoms with Crippen LogP contribution in [0.2, 0.25) is 0 Å². The predicted molar refractivity (Wildman–Crippen MR) is 59.6 cm³/mol. The van der Waals surface area contributed by atoms with Gasteiger partial charge in [-0.2, -0.15) is 0 Å². The van der Waals surface area contributed by atoms with E-state index in [1.54, 1.807) is 0 Å². The summed E-state index contributed by atoms with van der Waals surface area (Å²) in [6.45, 7) is 3.62. The van der Waals surface area contributed by atoms with Crippen molar-refractivity contribution in [2.45, 2.75) is 34.5 Å². The molecule has 7 heteroatoms. The number of aliphatic carboxylic acids is 1. The first-order valence-corrected chi connectivity index (χ1v) is 6.08. The Bertz CT molecular complexity index is 358. The molecule has 0 saturated carbocycles. The first-order valence-electron chi connectivity index (χ1n) is 4.41. The van der Waals surface area contributed by atoms with Gasteiger partial charge in [-0.05, 0) is 13.8 Å². The number of carboxylic acids is 1. The van der Waals surface area contributed by atoms with E-state index < -0.39 is 21.2 Å². The lowest BCUT2D eigenvalue weighted by Gasteiger charge is -2.47. The second-order valence-corrected chi connectivity index (χ2v) is 7.34. The minimum Gasteiger partial charge on any atom is -0.480 e. The van der Waals surface area contributed by atoms with Crippen molar-refractivity contribution >= 4 is 39.6 Å². The van der Waals surface area contributed by atoms with Gasteiger partial charge in [0.25, 0.3) is 5.91 Å². The maximum Gasteiger partial charge on any atom is 0.327 e. The number of nitrogens with two attached hydrogens (primary N) is 1. The molecule has 2 aliphatic rings. The van der Waals surface area contributed by atoms with Gasteiger partial charge in [0.1, 0.15) is 11.4 Å². The van der Waals surface area contributed by atoms with Crippen molar-refractivity contribution in [3.05, 3.63) is 0 Å². The van der Waals surface area contributed by atoms with E-state index in [-0.39, 0.29) is 11.3 Å². The lowest BCUT2D eigenvalue weighted by atomic mass is 9.96. The lowest BCUT2D eigenvalue weighted by molar-refractivity contribution is -0.160. The third-order valence-electron chi connectivity index (χ3n) is 2.76. The van der Waals surface area contributed by atoms with Crippen molar-refractivity contribution < 1.29 is 14.7 Å². The van der Waals surface area contributed by atoms with E-state index in [1.807, 2.05) is 13.8 Å². The van der Waals surface area contributed by atoms with Crippen LogP contribution >= 0.6 is 27.7 Å². The molecular formula is C8H11BrN2O3S. The van der Waals surface area contributed by atoms with Gasteiger partial charge in [0.05, 0.1) is 0 Å². The number of alkyl halides is 1. The van der Waals surface area contributed by atoms with Gasteiger partial charge in [-0.1, -0.05) is 15.9 Å². The first-order chi connectivity index (χ1) is 6.69. The van der Waals surface area contributed by atoms with Crippen molar-refractivity contribution in [3.8, 4) is 0 Å². The molecule has 2 rings (SSSR count). The minimum absolute atomic E-state index is 0.291. The fourth-order valence-corrected chi connectivity index (χ4v) is 4.27. The highest BCUT2D eigenvalue weighted by molar-refractivity contribution is 9.10. The van der Waals surface area contributed by atoms with Crippen molar-refractivity contribution in [2.24, 2.45) is 5.73 Å². The molecule has 5 nitrogen and oxygen atoms in total. The number of carbonyl (C=O) groups excluding carboxylic acids is 1. The van der Waals surface area contributed by atoms with E-state index in [1.165, 1.54) is 16.7 Å². The zero-order chi connectivity index (χ0) is 11.6. The van der Waals surface area contributed by atoms with Crippen molar-refractivity contribution in [1.29, 1.82) is 0 Å². The van der Waals surface area contributed by atoms with E-state index in [0.29, 0.717) is 0 Å². The van der Waals surface area contributed by atoms with Gasteiger partial charge in [-0.15, -0.1) is 11.8 Å². The summed E-state index contributed by atoms with van der Waals surface area (Å²) in [6.07, 6.45) is 0. The van der Waals surface area contributed by atoms with E-state index in [4.69, 9.17) is 10.8 Å². The Morgan fingerprint density at radius 2 is 2.20 bits per heavy atom. The average Bonchev–Trinajstić information content (AvgIpc) is 2.35. The lowest BCUT2D eigenvalue weighted by Crippen LogP contribution is -2.74.